The van der Waals surface area contributed by atoms with Gasteiger partial charge in [-0.2, -0.15) is 0 Å². The van der Waals surface area contributed by atoms with Crippen molar-refractivity contribution in [2.45, 2.75) is 6.61 Å². The number of rotatable bonds is 9. The lowest BCUT2D eigenvalue weighted by Gasteiger charge is -2.05. The minimum atomic E-state index is -0.506. The fourth-order valence-electron chi connectivity index (χ4n) is 1.16. The van der Waals surface area contributed by atoms with Gasteiger partial charge in [-0.3, -0.25) is 0 Å². The number of ether oxygens (including phenoxy) is 3. The Bertz CT molecular complexity index is 250. The third-order valence-corrected chi connectivity index (χ3v) is 1.94. The van der Waals surface area contributed by atoms with Gasteiger partial charge in [0, 0.05) is 0 Å². The Morgan fingerprint density at radius 3 is 2.12 bits per heavy atom. The fourth-order valence-corrected chi connectivity index (χ4v) is 1.16. The average molecular weight is 225 g/mol. The zero-order chi connectivity index (χ0) is 11.5. The molecule has 0 bridgehead atoms. The van der Waals surface area contributed by atoms with Crippen molar-refractivity contribution < 1.29 is 19.3 Å². The summed E-state index contributed by atoms with van der Waals surface area (Å²) >= 11 is 0. The first-order valence-electron chi connectivity index (χ1n) is 5.28. The highest BCUT2D eigenvalue weighted by atomic mass is 16.6. The lowest BCUT2D eigenvalue weighted by molar-refractivity contribution is -0.0661. The van der Waals surface area contributed by atoms with Crippen LogP contribution in [-0.2, 0) is 25.9 Å². The topological polar surface area (TPSA) is 47.6 Å². The van der Waals surface area contributed by atoms with E-state index in [9.17, 15) is 5.11 Å². The van der Waals surface area contributed by atoms with Crippen LogP contribution in [-0.4, -0.2) is 33.2 Å². The van der Waals surface area contributed by atoms with Crippen molar-refractivity contribution in [1.29, 1.82) is 0 Å². The zero-order valence-corrected chi connectivity index (χ0v) is 9.26. The van der Waals surface area contributed by atoms with Crippen LogP contribution in [0.2, 0.25) is 0 Å². The molecule has 0 heterocycles. The molecule has 0 aliphatic carbocycles. The molecule has 0 saturated heterocycles. The van der Waals surface area contributed by atoms with Crippen molar-refractivity contribution in [3.8, 4) is 0 Å². The van der Waals surface area contributed by atoms with Crippen LogP contribution >= 0.6 is 0 Å². The molecule has 0 amide bonds. The largest absolute Gasteiger partial charge is 0.377 e. The van der Waals surface area contributed by atoms with Crippen LogP contribution in [0.3, 0.4) is 0 Å². The molecule has 0 spiro atoms. The quantitative estimate of drug-likeness (QED) is 0.474. The van der Waals surface area contributed by atoms with E-state index in [0.717, 1.165) is 5.56 Å². The second-order valence-electron chi connectivity index (χ2n) is 3.18. The summed E-state index contributed by atoms with van der Waals surface area (Å²) in [7, 11) is 0. The molecule has 4 heteroatoms. The molecule has 1 rings (SSSR count). The Balaban J connectivity index is 1.89. The van der Waals surface area contributed by atoms with E-state index in [1.165, 1.54) is 0 Å². The van der Waals surface area contributed by atoms with E-state index in [2.05, 4.69) is 4.74 Å². The van der Waals surface area contributed by atoms with Gasteiger partial charge < -0.3 is 14.2 Å². The summed E-state index contributed by atoms with van der Waals surface area (Å²) in [6.07, 6.45) is 0. The standard InChI is InChI=1S/C12H17O4/c13-11-16-9-7-14-6-8-15-10-12-4-2-1-3-5-12/h1-5H,6-11H2. The van der Waals surface area contributed by atoms with Crippen LogP contribution in [0.5, 0.6) is 0 Å². The highest BCUT2D eigenvalue weighted by Crippen LogP contribution is 1.99. The van der Waals surface area contributed by atoms with Crippen molar-refractivity contribution >= 4 is 0 Å². The van der Waals surface area contributed by atoms with Crippen LogP contribution in [0.1, 0.15) is 5.56 Å². The average Bonchev–Trinajstić information content (AvgIpc) is 2.34. The molecule has 0 N–H and O–H groups in total. The second-order valence-corrected chi connectivity index (χ2v) is 3.18. The predicted octanol–water partition coefficient (Wildman–Crippen LogP) is 1.62. The molecule has 89 valence electrons. The number of hydrogen-bond acceptors (Lipinski definition) is 3. The van der Waals surface area contributed by atoms with Crippen molar-refractivity contribution in [2.75, 3.05) is 33.2 Å². The van der Waals surface area contributed by atoms with E-state index >= 15 is 0 Å². The summed E-state index contributed by atoms with van der Waals surface area (Å²) in [6, 6.07) is 9.97. The van der Waals surface area contributed by atoms with Gasteiger partial charge in [0.1, 0.15) is 0 Å². The summed E-state index contributed by atoms with van der Waals surface area (Å²) < 4.78 is 15.2. The molecule has 1 aromatic carbocycles. The number of benzene rings is 1. The Hall–Kier alpha value is -0.940. The fraction of sp³-hybridized carbons (Fsp3) is 0.500. The summed E-state index contributed by atoms with van der Waals surface area (Å²) in [5.74, 6) is 0. The third-order valence-electron chi connectivity index (χ3n) is 1.94. The molecule has 4 nitrogen and oxygen atoms in total. The minimum absolute atomic E-state index is 0.349. The van der Waals surface area contributed by atoms with Crippen LogP contribution in [0.15, 0.2) is 30.3 Å². The third kappa shape index (κ3) is 6.53. The SMILES string of the molecule is [O]COCCOCCOCc1ccccc1. The van der Waals surface area contributed by atoms with Gasteiger partial charge in [0.15, 0.2) is 6.79 Å². The highest BCUT2D eigenvalue weighted by Gasteiger charge is 1.92. The summed E-state index contributed by atoms with van der Waals surface area (Å²) in [5, 5.41) is 9.92. The van der Waals surface area contributed by atoms with Gasteiger partial charge in [-0.1, -0.05) is 30.3 Å². The Labute approximate surface area is 95.8 Å². The first kappa shape index (κ1) is 13.1. The molecule has 0 aliphatic heterocycles. The van der Waals surface area contributed by atoms with Crippen molar-refractivity contribution in [3.63, 3.8) is 0 Å². The van der Waals surface area contributed by atoms with Gasteiger partial charge in [0.25, 0.3) is 0 Å². The van der Waals surface area contributed by atoms with Crippen molar-refractivity contribution in [2.24, 2.45) is 0 Å². The molecule has 1 aromatic rings. The van der Waals surface area contributed by atoms with Gasteiger partial charge in [-0.15, -0.1) is 0 Å². The maximum absolute atomic E-state index is 9.92. The van der Waals surface area contributed by atoms with E-state index in [1.54, 1.807) is 0 Å². The monoisotopic (exact) mass is 225 g/mol. The van der Waals surface area contributed by atoms with Crippen LogP contribution in [0.4, 0.5) is 0 Å². The van der Waals surface area contributed by atoms with E-state index in [1.807, 2.05) is 30.3 Å². The number of hydrogen-bond donors (Lipinski definition) is 0. The molecule has 0 atom stereocenters. The van der Waals surface area contributed by atoms with E-state index in [4.69, 9.17) is 9.47 Å². The summed E-state index contributed by atoms with van der Waals surface area (Å²) in [6.45, 7) is 1.95. The maximum Gasteiger partial charge on any atom is 0.180 e. The lowest BCUT2D eigenvalue weighted by Crippen LogP contribution is -2.09. The predicted molar refractivity (Wildman–Crippen MR) is 58.4 cm³/mol. The molecule has 0 aliphatic rings. The molecule has 1 radical (unpaired) electrons. The van der Waals surface area contributed by atoms with Crippen LogP contribution < -0.4 is 0 Å². The van der Waals surface area contributed by atoms with Gasteiger partial charge in [0.2, 0.25) is 0 Å². The van der Waals surface area contributed by atoms with E-state index in [-0.39, 0.29) is 0 Å². The van der Waals surface area contributed by atoms with E-state index in [0.29, 0.717) is 33.0 Å². The van der Waals surface area contributed by atoms with Crippen LogP contribution in [0.25, 0.3) is 0 Å². The summed E-state index contributed by atoms with van der Waals surface area (Å²) in [5.41, 5.74) is 1.15. The second kappa shape index (κ2) is 9.30. The smallest absolute Gasteiger partial charge is 0.180 e. The molecule has 0 aromatic heterocycles. The van der Waals surface area contributed by atoms with Crippen molar-refractivity contribution in [1.82, 2.24) is 0 Å². The lowest BCUT2D eigenvalue weighted by atomic mass is 10.2. The molecule has 0 fully saturated rings. The van der Waals surface area contributed by atoms with Gasteiger partial charge in [-0.05, 0) is 5.56 Å². The molecule has 0 unspecified atom stereocenters. The van der Waals surface area contributed by atoms with Gasteiger partial charge in [0.05, 0.1) is 33.0 Å². The van der Waals surface area contributed by atoms with Crippen molar-refractivity contribution in [3.05, 3.63) is 35.9 Å². The maximum atomic E-state index is 9.92. The zero-order valence-electron chi connectivity index (χ0n) is 9.26. The Kier molecular flexibility index (Phi) is 7.63. The first-order chi connectivity index (χ1) is 7.93. The normalized spacial score (nSPS) is 10.6. The molecule has 16 heavy (non-hydrogen) atoms. The van der Waals surface area contributed by atoms with Gasteiger partial charge >= 0.3 is 0 Å². The summed E-state index contributed by atoms with van der Waals surface area (Å²) in [4.78, 5) is 0. The van der Waals surface area contributed by atoms with Gasteiger partial charge in [-0.25, -0.2) is 5.11 Å². The van der Waals surface area contributed by atoms with Crippen LogP contribution in [0, 0.1) is 0 Å². The minimum Gasteiger partial charge on any atom is -0.377 e. The Morgan fingerprint density at radius 1 is 0.812 bits per heavy atom. The molecular weight excluding hydrogens is 208 g/mol. The molecule has 0 saturated carbocycles. The first-order valence-corrected chi connectivity index (χ1v) is 5.28. The molecular formula is C12H17O4. The Morgan fingerprint density at radius 2 is 1.44 bits per heavy atom. The van der Waals surface area contributed by atoms with E-state index < -0.39 is 6.79 Å². The highest BCUT2D eigenvalue weighted by molar-refractivity contribution is 5.13.